The Bertz CT molecular complexity index is 477. The van der Waals surface area contributed by atoms with E-state index in [1.165, 1.54) is 0 Å². The van der Waals surface area contributed by atoms with E-state index in [1.807, 2.05) is 0 Å². The highest BCUT2D eigenvalue weighted by atomic mass is 16.6. The smallest absolute Gasteiger partial charge is 0.349 e. The van der Waals surface area contributed by atoms with Crippen LogP contribution in [0.5, 0.6) is 0 Å². The fraction of sp³-hybridized carbons (Fsp3) is 0.0909. The molecule has 1 N–H and O–H groups in total. The molecule has 0 saturated heterocycles. The predicted octanol–water partition coefficient (Wildman–Crippen LogP) is 1.94. The Morgan fingerprint density at radius 2 is 2.07 bits per heavy atom. The van der Waals surface area contributed by atoms with Crippen LogP contribution in [0.3, 0.4) is 0 Å². The van der Waals surface area contributed by atoms with Crippen molar-refractivity contribution in [1.82, 2.24) is 0 Å². The lowest BCUT2D eigenvalue weighted by Crippen LogP contribution is -2.02. The second-order valence-corrected chi connectivity index (χ2v) is 3.31. The Kier molecular flexibility index (Phi) is 2.04. The molecule has 0 atom stereocenters. The van der Waals surface area contributed by atoms with Gasteiger partial charge in [0.15, 0.2) is 0 Å². The molecule has 15 heavy (non-hydrogen) atoms. The van der Waals surface area contributed by atoms with Crippen LogP contribution in [0.15, 0.2) is 30.5 Å². The topological polar surface area (TPSA) is 55.4 Å². The maximum atomic E-state index is 11.4. The van der Waals surface area contributed by atoms with E-state index in [9.17, 15) is 9.59 Å². The van der Waals surface area contributed by atoms with Crippen molar-refractivity contribution < 1.29 is 14.3 Å². The SMILES string of the molecule is C=C(C)Nc1cccc2c1C(=O)OC2=O. The van der Waals surface area contributed by atoms with Crippen LogP contribution in [0.1, 0.15) is 27.6 Å². The lowest BCUT2D eigenvalue weighted by molar-refractivity contribution is 0.0444. The highest BCUT2D eigenvalue weighted by molar-refractivity contribution is 6.17. The number of cyclic esters (lactones) is 2. The van der Waals surface area contributed by atoms with Crippen molar-refractivity contribution in [2.24, 2.45) is 0 Å². The summed E-state index contributed by atoms with van der Waals surface area (Å²) >= 11 is 0. The van der Waals surface area contributed by atoms with Crippen LogP contribution in [0, 0.1) is 0 Å². The number of ether oxygens (including phenoxy) is 1. The molecular weight excluding hydrogens is 194 g/mol. The van der Waals surface area contributed by atoms with Gasteiger partial charge in [0.2, 0.25) is 0 Å². The summed E-state index contributed by atoms with van der Waals surface area (Å²) in [6.45, 7) is 5.44. The van der Waals surface area contributed by atoms with E-state index < -0.39 is 11.9 Å². The molecule has 0 aromatic heterocycles. The molecule has 76 valence electrons. The summed E-state index contributed by atoms with van der Waals surface area (Å²) in [4.78, 5) is 22.6. The molecular formula is C11H9NO3. The van der Waals surface area contributed by atoms with Crippen molar-refractivity contribution >= 4 is 17.6 Å². The first-order valence-corrected chi connectivity index (χ1v) is 4.41. The summed E-state index contributed by atoms with van der Waals surface area (Å²) in [5.74, 6) is -1.21. The molecule has 0 radical (unpaired) electrons. The van der Waals surface area contributed by atoms with Crippen LogP contribution in [0.4, 0.5) is 5.69 Å². The molecule has 1 aromatic rings. The van der Waals surface area contributed by atoms with Crippen molar-refractivity contribution in [1.29, 1.82) is 0 Å². The van der Waals surface area contributed by atoms with Crippen molar-refractivity contribution in [2.75, 3.05) is 5.32 Å². The molecule has 0 spiro atoms. The number of carbonyl (C=O) groups excluding carboxylic acids is 2. The molecule has 0 fully saturated rings. The van der Waals surface area contributed by atoms with Gasteiger partial charge in [0.05, 0.1) is 16.8 Å². The van der Waals surface area contributed by atoms with Gasteiger partial charge in [-0.05, 0) is 19.1 Å². The number of hydrogen-bond donors (Lipinski definition) is 1. The molecule has 1 heterocycles. The third-order valence-electron chi connectivity index (χ3n) is 2.02. The Balaban J connectivity index is 2.55. The second-order valence-electron chi connectivity index (χ2n) is 3.31. The Morgan fingerprint density at radius 1 is 1.33 bits per heavy atom. The molecule has 0 amide bonds. The fourth-order valence-electron chi connectivity index (χ4n) is 1.47. The van der Waals surface area contributed by atoms with Crippen LogP contribution in [-0.4, -0.2) is 11.9 Å². The maximum Gasteiger partial charge on any atom is 0.349 e. The summed E-state index contributed by atoms with van der Waals surface area (Å²) < 4.78 is 4.51. The first-order chi connectivity index (χ1) is 7.09. The van der Waals surface area contributed by atoms with E-state index in [4.69, 9.17) is 0 Å². The van der Waals surface area contributed by atoms with E-state index >= 15 is 0 Å². The zero-order valence-electron chi connectivity index (χ0n) is 8.16. The van der Waals surface area contributed by atoms with Gasteiger partial charge in [-0.3, -0.25) is 0 Å². The van der Waals surface area contributed by atoms with Gasteiger partial charge in [0, 0.05) is 5.70 Å². The first kappa shape index (κ1) is 9.45. The number of nitrogens with one attached hydrogen (secondary N) is 1. The number of hydrogen-bond acceptors (Lipinski definition) is 4. The van der Waals surface area contributed by atoms with Gasteiger partial charge in [-0.2, -0.15) is 0 Å². The molecule has 0 saturated carbocycles. The second kappa shape index (κ2) is 3.24. The van der Waals surface area contributed by atoms with Crippen molar-refractivity contribution in [3.8, 4) is 0 Å². The highest BCUT2D eigenvalue weighted by Gasteiger charge is 2.31. The van der Waals surface area contributed by atoms with Gasteiger partial charge in [0.25, 0.3) is 0 Å². The number of fused-ring (bicyclic) bond motifs is 1. The van der Waals surface area contributed by atoms with Gasteiger partial charge in [-0.15, -0.1) is 0 Å². The van der Waals surface area contributed by atoms with E-state index in [2.05, 4.69) is 16.6 Å². The normalized spacial score (nSPS) is 13.4. The number of carbonyl (C=O) groups is 2. The Hall–Kier alpha value is -2.10. The number of rotatable bonds is 2. The van der Waals surface area contributed by atoms with E-state index in [1.54, 1.807) is 25.1 Å². The quantitative estimate of drug-likeness (QED) is 0.589. The number of allylic oxidation sites excluding steroid dienone is 1. The summed E-state index contributed by atoms with van der Waals surface area (Å²) in [6, 6.07) is 4.95. The standard InChI is InChI=1S/C11H9NO3/c1-6(2)12-8-5-3-4-7-9(8)11(14)15-10(7)13/h3-5,12H,1H2,2H3. The summed E-state index contributed by atoms with van der Waals surface area (Å²) in [5.41, 5.74) is 1.82. The average molecular weight is 203 g/mol. The van der Waals surface area contributed by atoms with Gasteiger partial charge >= 0.3 is 11.9 Å². The van der Waals surface area contributed by atoms with Gasteiger partial charge in [0.1, 0.15) is 0 Å². The number of anilines is 1. The molecule has 0 bridgehead atoms. The molecule has 4 heteroatoms. The Morgan fingerprint density at radius 3 is 2.73 bits per heavy atom. The van der Waals surface area contributed by atoms with Crippen molar-refractivity contribution in [2.45, 2.75) is 6.92 Å². The minimum absolute atomic E-state index is 0.283. The van der Waals surface area contributed by atoms with Crippen LogP contribution in [-0.2, 0) is 4.74 Å². The molecule has 1 aromatic carbocycles. The Labute approximate surface area is 86.5 Å². The van der Waals surface area contributed by atoms with Gasteiger partial charge < -0.3 is 10.1 Å². The first-order valence-electron chi connectivity index (χ1n) is 4.41. The largest absolute Gasteiger partial charge is 0.386 e. The van der Waals surface area contributed by atoms with Crippen LogP contribution < -0.4 is 5.32 Å². The van der Waals surface area contributed by atoms with Crippen LogP contribution in [0.2, 0.25) is 0 Å². The molecule has 1 aliphatic rings. The van der Waals surface area contributed by atoms with Crippen molar-refractivity contribution in [3.05, 3.63) is 41.6 Å². The third kappa shape index (κ3) is 1.50. The minimum Gasteiger partial charge on any atom is -0.386 e. The zero-order valence-corrected chi connectivity index (χ0v) is 8.16. The van der Waals surface area contributed by atoms with Crippen molar-refractivity contribution in [3.63, 3.8) is 0 Å². The average Bonchev–Trinajstić information content (AvgIpc) is 2.43. The van der Waals surface area contributed by atoms with E-state index in [-0.39, 0.29) is 5.56 Å². The predicted molar refractivity (Wildman–Crippen MR) is 54.6 cm³/mol. The third-order valence-corrected chi connectivity index (χ3v) is 2.02. The lowest BCUT2D eigenvalue weighted by Gasteiger charge is -2.07. The molecule has 4 nitrogen and oxygen atoms in total. The number of benzene rings is 1. The highest BCUT2D eigenvalue weighted by Crippen LogP contribution is 2.27. The van der Waals surface area contributed by atoms with E-state index in [0.717, 1.165) is 0 Å². The van der Waals surface area contributed by atoms with E-state index in [0.29, 0.717) is 16.9 Å². The maximum absolute atomic E-state index is 11.4. The summed E-state index contributed by atoms with van der Waals surface area (Å²) in [5, 5.41) is 2.91. The molecule has 0 unspecified atom stereocenters. The summed E-state index contributed by atoms with van der Waals surface area (Å²) in [7, 11) is 0. The lowest BCUT2D eigenvalue weighted by atomic mass is 10.1. The molecule has 2 rings (SSSR count). The zero-order chi connectivity index (χ0) is 11.0. The van der Waals surface area contributed by atoms with Gasteiger partial charge in [-0.25, -0.2) is 9.59 Å². The van der Waals surface area contributed by atoms with Crippen LogP contribution in [0.25, 0.3) is 0 Å². The molecule has 1 aliphatic heterocycles. The fourth-order valence-corrected chi connectivity index (χ4v) is 1.47. The molecule has 0 aliphatic carbocycles. The van der Waals surface area contributed by atoms with Crippen LogP contribution >= 0.6 is 0 Å². The minimum atomic E-state index is -0.612. The monoisotopic (exact) mass is 203 g/mol. The van der Waals surface area contributed by atoms with Gasteiger partial charge in [-0.1, -0.05) is 12.6 Å². The summed E-state index contributed by atoms with van der Waals surface area (Å²) in [6.07, 6.45) is 0. The number of esters is 2.